The van der Waals surface area contributed by atoms with Gasteiger partial charge in [-0.3, -0.25) is 4.79 Å². The van der Waals surface area contributed by atoms with E-state index >= 15 is 0 Å². The van der Waals surface area contributed by atoms with Crippen molar-refractivity contribution in [3.05, 3.63) is 94.5 Å². The van der Waals surface area contributed by atoms with E-state index in [0.717, 1.165) is 30.1 Å². The lowest BCUT2D eigenvalue weighted by Crippen LogP contribution is -2.31. The first-order valence-corrected chi connectivity index (χ1v) is 10.7. The van der Waals surface area contributed by atoms with Crippen molar-refractivity contribution in [2.75, 3.05) is 6.54 Å². The van der Waals surface area contributed by atoms with E-state index in [1.165, 1.54) is 17.0 Å². The molecule has 10 heteroatoms. The number of hydrogen-bond donors (Lipinski definition) is 1. The predicted octanol–water partition coefficient (Wildman–Crippen LogP) is 4.79. The fourth-order valence-electron chi connectivity index (χ4n) is 3.53. The molecule has 1 amide bonds. The van der Waals surface area contributed by atoms with Crippen LogP contribution in [0, 0.1) is 5.21 Å². The van der Waals surface area contributed by atoms with Gasteiger partial charge in [0, 0.05) is 24.2 Å². The van der Waals surface area contributed by atoms with Crippen LogP contribution in [0.5, 0.6) is 0 Å². The quantitative estimate of drug-likeness (QED) is 0.364. The Morgan fingerprint density at radius 2 is 1.77 bits per heavy atom. The van der Waals surface area contributed by atoms with E-state index in [1.807, 2.05) is 6.07 Å². The van der Waals surface area contributed by atoms with Crippen LogP contribution in [-0.2, 0) is 35.3 Å². The third-order valence-electron chi connectivity index (χ3n) is 5.21. The van der Waals surface area contributed by atoms with Crippen LogP contribution in [-0.4, -0.2) is 28.6 Å². The molecule has 0 saturated carbocycles. The van der Waals surface area contributed by atoms with Crippen LogP contribution in [0.1, 0.15) is 29.2 Å². The van der Waals surface area contributed by atoms with Gasteiger partial charge in [0.05, 0.1) is 12.0 Å². The Hall–Kier alpha value is -4.08. The molecule has 7 nitrogen and oxygen atoms in total. The van der Waals surface area contributed by atoms with Crippen molar-refractivity contribution in [1.82, 2.24) is 4.90 Å². The molecule has 0 saturated heterocycles. The number of aromatic nitrogens is 1. The van der Waals surface area contributed by atoms with Gasteiger partial charge in [-0.2, -0.15) is 17.9 Å². The Balaban J connectivity index is 1.95. The van der Waals surface area contributed by atoms with Crippen molar-refractivity contribution >= 4 is 12.1 Å². The average molecular weight is 488 g/mol. The zero-order valence-corrected chi connectivity index (χ0v) is 18.8. The summed E-state index contributed by atoms with van der Waals surface area (Å²) in [5.41, 5.74) is 0.658. The number of carboxylic acid groups (broad SMARTS) is 1. The molecule has 2 aromatic carbocycles. The minimum absolute atomic E-state index is 0.000956. The number of benzene rings is 2. The monoisotopic (exact) mass is 488 g/mol. The highest BCUT2D eigenvalue weighted by Crippen LogP contribution is 2.34. The summed E-state index contributed by atoms with van der Waals surface area (Å²) in [5.74, 6) is -1.16. The molecule has 3 rings (SSSR count). The highest BCUT2D eigenvalue weighted by Gasteiger charge is 2.31. The molecular weight excluding hydrogens is 465 g/mol. The van der Waals surface area contributed by atoms with Crippen molar-refractivity contribution in [3.63, 3.8) is 0 Å². The van der Waals surface area contributed by atoms with E-state index in [4.69, 9.17) is 9.84 Å². The second-order valence-electron chi connectivity index (χ2n) is 7.79. The number of amides is 1. The molecule has 0 aliphatic carbocycles. The number of rotatable bonds is 8. The van der Waals surface area contributed by atoms with Gasteiger partial charge < -0.3 is 20.0 Å². The number of aliphatic carboxylic acids is 1. The maximum Gasteiger partial charge on any atom is 0.416 e. The molecule has 3 aromatic rings. The molecule has 184 valence electrons. The number of alkyl halides is 3. The van der Waals surface area contributed by atoms with Crippen LogP contribution in [0.2, 0.25) is 0 Å². The Bertz CT molecular complexity index is 1200. The van der Waals surface area contributed by atoms with Gasteiger partial charge in [0.2, 0.25) is 0 Å². The minimum Gasteiger partial charge on any atom is -0.619 e. The lowest BCUT2D eigenvalue weighted by atomic mass is 9.96. The standard InChI is InChI=1S/C25H23F3N2O5/c1-2-29(24(33)35-16-17-6-4-3-5-7-17)14-20-12-21(25(26,27)28)8-9-22(20)19-10-18(11-23(31)32)13-30(34)15-19/h3-10,12-13,15H,2,11,14,16H2,1H3,(H,31,32). The van der Waals surface area contributed by atoms with E-state index in [-0.39, 0.29) is 42.0 Å². The van der Waals surface area contributed by atoms with Crippen molar-refractivity contribution in [2.24, 2.45) is 0 Å². The van der Waals surface area contributed by atoms with Gasteiger partial charge in [-0.25, -0.2) is 4.79 Å². The molecule has 35 heavy (non-hydrogen) atoms. The number of nitrogens with zero attached hydrogens (tertiary/aromatic N) is 2. The average Bonchev–Trinajstić information content (AvgIpc) is 2.80. The Morgan fingerprint density at radius 3 is 2.40 bits per heavy atom. The van der Waals surface area contributed by atoms with Crippen molar-refractivity contribution in [3.8, 4) is 11.1 Å². The van der Waals surface area contributed by atoms with Gasteiger partial charge in [0.15, 0.2) is 12.4 Å². The zero-order valence-electron chi connectivity index (χ0n) is 18.8. The topological polar surface area (TPSA) is 93.8 Å². The fraction of sp³-hybridized carbons (Fsp3) is 0.240. The number of pyridine rings is 1. The lowest BCUT2D eigenvalue weighted by Gasteiger charge is -2.23. The SMILES string of the molecule is CCN(Cc1cc(C(F)(F)F)ccc1-c1cc(CC(=O)O)c[n+]([O-])c1)C(=O)OCc1ccccc1. The number of hydrogen-bond acceptors (Lipinski definition) is 4. The number of halogens is 3. The van der Waals surface area contributed by atoms with Crippen molar-refractivity contribution in [2.45, 2.75) is 32.7 Å². The zero-order chi connectivity index (χ0) is 25.6. The first kappa shape index (κ1) is 25.5. The molecule has 0 fully saturated rings. The number of carboxylic acids is 1. The van der Waals surface area contributed by atoms with E-state index in [9.17, 15) is 28.0 Å². The van der Waals surface area contributed by atoms with Gasteiger partial charge in [-0.1, -0.05) is 36.4 Å². The van der Waals surface area contributed by atoms with Crippen LogP contribution >= 0.6 is 0 Å². The first-order chi connectivity index (χ1) is 16.6. The van der Waals surface area contributed by atoms with Crippen molar-refractivity contribution in [1.29, 1.82) is 0 Å². The molecule has 0 spiro atoms. The number of carbonyl (C=O) groups is 2. The van der Waals surface area contributed by atoms with Crippen LogP contribution in [0.3, 0.4) is 0 Å². The van der Waals surface area contributed by atoms with Gasteiger partial charge in [0.1, 0.15) is 6.61 Å². The Kier molecular flexibility index (Phi) is 7.95. The first-order valence-electron chi connectivity index (χ1n) is 10.7. The van der Waals surface area contributed by atoms with Gasteiger partial charge >= 0.3 is 18.2 Å². The van der Waals surface area contributed by atoms with E-state index in [1.54, 1.807) is 31.2 Å². The van der Waals surface area contributed by atoms with Crippen LogP contribution in [0.4, 0.5) is 18.0 Å². The molecule has 1 heterocycles. The van der Waals surface area contributed by atoms with Gasteiger partial charge in [-0.15, -0.1) is 0 Å². The fourth-order valence-corrected chi connectivity index (χ4v) is 3.53. The molecule has 0 unspecified atom stereocenters. The van der Waals surface area contributed by atoms with E-state index < -0.39 is 30.2 Å². The minimum atomic E-state index is -4.62. The van der Waals surface area contributed by atoms with E-state index in [0.29, 0.717) is 4.73 Å². The second kappa shape index (κ2) is 10.9. The molecule has 0 atom stereocenters. The van der Waals surface area contributed by atoms with Gasteiger partial charge in [-0.05, 0) is 41.8 Å². The highest BCUT2D eigenvalue weighted by atomic mass is 19.4. The Morgan fingerprint density at radius 1 is 1.06 bits per heavy atom. The second-order valence-corrected chi connectivity index (χ2v) is 7.79. The predicted molar refractivity (Wildman–Crippen MR) is 120 cm³/mol. The summed E-state index contributed by atoms with van der Waals surface area (Å²) in [7, 11) is 0. The summed E-state index contributed by atoms with van der Waals surface area (Å²) in [4.78, 5) is 25.0. The highest BCUT2D eigenvalue weighted by molar-refractivity contribution is 5.73. The number of carbonyl (C=O) groups excluding carboxylic acids is 1. The summed E-state index contributed by atoms with van der Waals surface area (Å²) >= 11 is 0. The van der Waals surface area contributed by atoms with Crippen LogP contribution in [0.15, 0.2) is 67.0 Å². The summed E-state index contributed by atoms with van der Waals surface area (Å²) < 4.78 is 46.0. The molecular formula is C25H23F3N2O5. The summed E-state index contributed by atoms with van der Waals surface area (Å²) in [6, 6.07) is 13.4. The number of ether oxygens (including phenoxy) is 1. The summed E-state index contributed by atoms with van der Waals surface area (Å²) in [6.45, 7) is 1.60. The van der Waals surface area contributed by atoms with Gasteiger partial charge in [0.25, 0.3) is 0 Å². The van der Waals surface area contributed by atoms with Crippen LogP contribution in [0.25, 0.3) is 11.1 Å². The largest absolute Gasteiger partial charge is 0.619 e. The maximum absolute atomic E-state index is 13.4. The smallest absolute Gasteiger partial charge is 0.416 e. The molecule has 0 bridgehead atoms. The molecule has 0 radical (unpaired) electrons. The maximum atomic E-state index is 13.4. The van der Waals surface area contributed by atoms with Crippen LogP contribution < -0.4 is 4.73 Å². The molecule has 0 aliphatic heterocycles. The molecule has 1 N–H and O–H groups in total. The van der Waals surface area contributed by atoms with E-state index in [2.05, 4.69) is 0 Å². The third-order valence-corrected chi connectivity index (χ3v) is 5.21. The summed E-state index contributed by atoms with van der Waals surface area (Å²) in [5, 5.41) is 21.1. The summed E-state index contributed by atoms with van der Waals surface area (Å²) in [6.07, 6.45) is -3.54. The molecule has 0 aliphatic rings. The Labute approximate surface area is 199 Å². The molecule has 1 aromatic heterocycles. The third kappa shape index (κ3) is 6.95. The lowest BCUT2D eigenvalue weighted by molar-refractivity contribution is -0.605. The van der Waals surface area contributed by atoms with Crippen molar-refractivity contribution < 1.29 is 37.3 Å². The normalized spacial score (nSPS) is 11.2.